The molecule has 1 aliphatic heterocycles. The number of alkyl carbamates (subject to hydrolysis) is 1. The first-order valence-corrected chi connectivity index (χ1v) is 8.87. The molecule has 0 spiro atoms. The molecule has 1 N–H and O–H groups in total. The Morgan fingerprint density at radius 3 is 2.87 bits per heavy atom. The van der Waals surface area contributed by atoms with Crippen molar-refractivity contribution in [3.8, 4) is 0 Å². The van der Waals surface area contributed by atoms with Gasteiger partial charge in [0.05, 0.1) is 6.54 Å². The van der Waals surface area contributed by atoms with E-state index in [0.29, 0.717) is 18.1 Å². The van der Waals surface area contributed by atoms with Gasteiger partial charge >= 0.3 is 6.09 Å². The highest BCUT2D eigenvalue weighted by Gasteiger charge is 2.26. The van der Waals surface area contributed by atoms with Crippen LogP contribution in [0, 0.1) is 0 Å². The van der Waals surface area contributed by atoms with E-state index in [-0.39, 0.29) is 11.8 Å². The van der Waals surface area contributed by atoms with Gasteiger partial charge in [0.2, 0.25) is 5.78 Å². The predicted octanol–water partition coefficient (Wildman–Crippen LogP) is 2.71. The molecule has 1 aromatic heterocycles. The zero-order valence-electron chi connectivity index (χ0n) is 14.0. The first kappa shape index (κ1) is 17.9. The molecular formula is C16H25N3O3S. The number of piperidine rings is 1. The van der Waals surface area contributed by atoms with Crippen molar-refractivity contribution >= 4 is 23.2 Å². The molecule has 1 saturated heterocycles. The van der Waals surface area contributed by atoms with Crippen molar-refractivity contribution in [1.82, 2.24) is 15.2 Å². The summed E-state index contributed by atoms with van der Waals surface area (Å²) in [6.45, 7) is 7.25. The Balaban J connectivity index is 1.86. The van der Waals surface area contributed by atoms with Crippen LogP contribution in [0.5, 0.6) is 0 Å². The Morgan fingerprint density at radius 2 is 2.22 bits per heavy atom. The van der Waals surface area contributed by atoms with Crippen LogP contribution in [0.25, 0.3) is 0 Å². The number of ether oxygens (including phenoxy) is 1. The minimum atomic E-state index is -0.503. The average Bonchev–Trinajstić information content (AvgIpc) is 2.99. The molecule has 1 fully saturated rings. The summed E-state index contributed by atoms with van der Waals surface area (Å²) in [5.41, 5.74) is -0.503. The van der Waals surface area contributed by atoms with Crippen LogP contribution in [-0.4, -0.2) is 53.0 Å². The molecule has 1 atom stereocenters. The maximum atomic E-state index is 12.2. The molecular weight excluding hydrogens is 314 g/mol. The van der Waals surface area contributed by atoms with Gasteiger partial charge in [-0.1, -0.05) is 6.42 Å². The molecule has 128 valence electrons. The minimum Gasteiger partial charge on any atom is -0.444 e. The molecule has 0 saturated carbocycles. The minimum absolute atomic E-state index is 0.0455. The molecule has 1 aromatic rings. The molecule has 7 heteroatoms. The van der Waals surface area contributed by atoms with E-state index in [9.17, 15) is 9.59 Å². The summed E-state index contributed by atoms with van der Waals surface area (Å²) in [7, 11) is 0. The third kappa shape index (κ3) is 5.91. The standard InChI is InChI=1S/C16H25N3O3S/c1-16(2,3)22-15(21)18-10-12-6-4-5-8-19(12)11-13(20)14-17-7-9-23-14/h7,9,12H,4-6,8,10-11H2,1-3H3,(H,18,21)/t12-/m0/s1. The molecule has 0 unspecified atom stereocenters. The van der Waals surface area contributed by atoms with Gasteiger partial charge in [-0.15, -0.1) is 11.3 Å². The number of ketones is 1. The quantitative estimate of drug-likeness (QED) is 0.835. The summed E-state index contributed by atoms with van der Waals surface area (Å²) >= 11 is 1.37. The number of hydrogen-bond donors (Lipinski definition) is 1. The summed E-state index contributed by atoms with van der Waals surface area (Å²) in [5, 5.41) is 5.18. The van der Waals surface area contributed by atoms with E-state index in [4.69, 9.17) is 4.74 Å². The Hall–Kier alpha value is -1.47. The molecule has 0 bridgehead atoms. The number of nitrogens with zero attached hydrogens (tertiary/aromatic N) is 2. The number of Topliss-reactive ketones (excluding diaryl/α,β-unsaturated/α-hetero) is 1. The van der Waals surface area contributed by atoms with E-state index >= 15 is 0 Å². The molecule has 0 radical (unpaired) electrons. The van der Waals surface area contributed by atoms with Gasteiger partial charge in [0.1, 0.15) is 5.60 Å². The number of likely N-dealkylation sites (tertiary alicyclic amines) is 1. The molecule has 0 aromatic carbocycles. The van der Waals surface area contributed by atoms with Crippen LogP contribution in [0.3, 0.4) is 0 Å². The molecule has 2 heterocycles. The largest absolute Gasteiger partial charge is 0.444 e. The first-order valence-electron chi connectivity index (χ1n) is 7.99. The number of rotatable bonds is 5. The van der Waals surface area contributed by atoms with Crippen LogP contribution in [0.1, 0.15) is 49.8 Å². The maximum absolute atomic E-state index is 12.2. The number of nitrogens with one attached hydrogen (secondary N) is 1. The highest BCUT2D eigenvalue weighted by atomic mass is 32.1. The van der Waals surface area contributed by atoms with Gasteiger partial charge < -0.3 is 10.1 Å². The summed E-state index contributed by atoms with van der Waals surface area (Å²) in [4.78, 5) is 30.2. The van der Waals surface area contributed by atoms with E-state index < -0.39 is 11.7 Å². The topological polar surface area (TPSA) is 71.5 Å². The molecule has 6 nitrogen and oxygen atoms in total. The fraction of sp³-hybridized carbons (Fsp3) is 0.688. The number of hydrogen-bond acceptors (Lipinski definition) is 6. The van der Waals surface area contributed by atoms with E-state index in [1.54, 1.807) is 6.20 Å². The molecule has 23 heavy (non-hydrogen) atoms. The van der Waals surface area contributed by atoms with Crippen molar-refractivity contribution in [3.05, 3.63) is 16.6 Å². The average molecular weight is 339 g/mol. The van der Waals surface area contributed by atoms with Crippen LogP contribution in [0.15, 0.2) is 11.6 Å². The highest BCUT2D eigenvalue weighted by Crippen LogP contribution is 2.18. The van der Waals surface area contributed by atoms with Gasteiger partial charge in [0, 0.05) is 24.2 Å². The lowest BCUT2D eigenvalue weighted by Crippen LogP contribution is -2.49. The zero-order chi connectivity index (χ0) is 16.9. The third-order valence-electron chi connectivity index (χ3n) is 3.65. The van der Waals surface area contributed by atoms with Crippen molar-refractivity contribution in [2.75, 3.05) is 19.6 Å². The normalized spacial score (nSPS) is 19.3. The Morgan fingerprint density at radius 1 is 1.43 bits per heavy atom. The predicted molar refractivity (Wildman–Crippen MR) is 89.9 cm³/mol. The third-order valence-corrected chi connectivity index (χ3v) is 4.46. The fourth-order valence-corrected chi connectivity index (χ4v) is 3.20. The van der Waals surface area contributed by atoms with Crippen LogP contribution >= 0.6 is 11.3 Å². The Kier molecular flexibility index (Phi) is 6.12. The number of carbonyl (C=O) groups is 2. The van der Waals surface area contributed by atoms with Gasteiger partial charge in [-0.3, -0.25) is 9.69 Å². The number of thiazole rings is 1. The summed E-state index contributed by atoms with van der Waals surface area (Å²) in [6, 6.07) is 0.167. The molecule has 2 rings (SSSR count). The van der Waals surface area contributed by atoms with Gasteiger partial charge in [0.15, 0.2) is 5.01 Å². The van der Waals surface area contributed by atoms with E-state index in [0.717, 1.165) is 25.8 Å². The smallest absolute Gasteiger partial charge is 0.407 e. The summed E-state index contributed by atoms with van der Waals surface area (Å²) in [6.07, 6.45) is 4.40. The van der Waals surface area contributed by atoms with Gasteiger partial charge in [-0.25, -0.2) is 9.78 Å². The SMILES string of the molecule is CC(C)(C)OC(=O)NC[C@@H]1CCCCN1CC(=O)c1nccs1. The number of amides is 1. The first-order chi connectivity index (χ1) is 10.8. The van der Waals surface area contributed by atoms with Crippen LogP contribution in [-0.2, 0) is 4.74 Å². The molecule has 1 aliphatic rings. The summed E-state index contributed by atoms with van der Waals surface area (Å²) in [5.74, 6) is 0.0455. The van der Waals surface area contributed by atoms with Crippen molar-refractivity contribution in [2.24, 2.45) is 0 Å². The van der Waals surface area contributed by atoms with Crippen molar-refractivity contribution in [3.63, 3.8) is 0 Å². The fourth-order valence-electron chi connectivity index (χ4n) is 2.63. The lowest BCUT2D eigenvalue weighted by molar-refractivity contribution is 0.0495. The van der Waals surface area contributed by atoms with E-state index in [1.807, 2.05) is 26.2 Å². The highest BCUT2D eigenvalue weighted by molar-refractivity contribution is 7.11. The van der Waals surface area contributed by atoms with Crippen LogP contribution in [0.2, 0.25) is 0 Å². The number of aromatic nitrogens is 1. The second-order valence-corrected chi connectivity index (χ2v) is 7.66. The second kappa shape index (κ2) is 7.88. The van der Waals surface area contributed by atoms with E-state index in [2.05, 4.69) is 15.2 Å². The molecule has 1 amide bonds. The van der Waals surface area contributed by atoms with Crippen molar-refractivity contribution in [1.29, 1.82) is 0 Å². The van der Waals surface area contributed by atoms with Gasteiger partial charge in [0.25, 0.3) is 0 Å². The second-order valence-electron chi connectivity index (χ2n) is 6.76. The lowest BCUT2D eigenvalue weighted by atomic mass is 10.0. The van der Waals surface area contributed by atoms with E-state index in [1.165, 1.54) is 11.3 Å². The lowest BCUT2D eigenvalue weighted by Gasteiger charge is -2.35. The van der Waals surface area contributed by atoms with Crippen molar-refractivity contribution < 1.29 is 14.3 Å². The maximum Gasteiger partial charge on any atom is 0.407 e. The Labute approximate surface area is 141 Å². The van der Waals surface area contributed by atoms with Gasteiger partial charge in [-0.2, -0.15) is 0 Å². The Bertz CT molecular complexity index is 525. The van der Waals surface area contributed by atoms with Crippen LogP contribution in [0.4, 0.5) is 4.79 Å². The number of carbonyl (C=O) groups excluding carboxylic acids is 2. The van der Waals surface area contributed by atoms with Gasteiger partial charge in [-0.05, 0) is 40.2 Å². The molecule has 0 aliphatic carbocycles. The monoisotopic (exact) mass is 339 g/mol. The van der Waals surface area contributed by atoms with Crippen LogP contribution < -0.4 is 5.32 Å². The van der Waals surface area contributed by atoms with Crippen molar-refractivity contribution in [2.45, 2.75) is 51.7 Å². The zero-order valence-corrected chi connectivity index (χ0v) is 14.8. The summed E-state index contributed by atoms with van der Waals surface area (Å²) < 4.78 is 5.26.